The molecule has 0 aromatic heterocycles. The van der Waals surface area contributed by atoms with Crippen LogP contribution in [0.5, 0.6) is 0 Å². The van der Waals surface area contributed by atoms with Crippen LogP contribution in [0.4, 0.5) is 5.69 Å². The summed E-state index contributed by atoms with van der Waals surface area (Å²) < 4.78 is 0. The van der Waals surface area contributed by atoms with Gasteiger partial charge in [-0.15, -0.1) is 0 Å². The Morgan fingerprint density at radius 2 is 1.67 bits per heavy atom. The van der Waals surface area contributed by atoms with E-state index in [-0.39, 0.29) is 16.9 Å². The first-order chi connectivity index (χ1) is 11.6. The summed E-state index contributed by atoms with van der Waals surface area (Å²) >= 11 is 5.13. The topological polar surface area (TPSA) is 70.2 Å². The van der Waals surface area contributed by atoms with Crippen molar-refractivity contribution >= 4 is 34.8 Å². The van der Waals surface area contributed by atoms with Gasteiger partial charge in [-0.05, 0) is 48.5 Å². The number of nitrogens with one attached hydrogen (secondary N) is 3. The maximum absolute atomic E-state index is 11.9. The highest BCUT2D eigenvalue weighted by Crippen LogP contribution is 2.09. The highest BCUT2D eigenvalue weighted by atomic mass is 32.1. The van der Waals surface area contributed by atoms with Crippen molar-refractivity contribution in [3.05, 3.63) is 65.7 Å². The van der Waals surface area contributed by atoms with Gasteiger partial charge in [-0.25, -0.2) is 0 Å². The van der Waals surface area contributed by atoms with Gasteiger partial charge in [-0.2, -0.15) is 0 Å². The van der Waals surface area contributed by atoms with Crippen molar-refractivity contribution in [3.8, 4) is 0 Å². The van der Waals surface area contributed by atoms with Crippen molar-refractivity contribution in [2.24, 2.45) is 0 Å². The lowest BCUT2D eigenvalue weighted by Crippen LogP contribution is -2.34. The van der Waals surface area contributed by atoms with E-state index in [2.05, 4.69) is 16.0 Å². The van der Waals surface area contributed by atoms with E-state index in [1.807, 2.05) is 30.3 Å². The van der Waals surface area contributed by atoms with Crippen LogP contribution in [0.25, 0.3) is 0 Å². The van der Waals surface area contributed by atoms with E-state index in [1.165, 1.54) is 0 Å². The molecule has 2 rings (SSSR count). The van der Waals surface area contributed by atoms with E-state index in [4.69, 9.17) is 12.2 Å². The molecule has 0 unspecified atom stereocenters. The van der Waals surface area contributed by atoms with Gasteiger partial charge < -0.3 is 16.0 Å². The van der Waals surface area contributed by atoms with Gasteiger partial charge in [0.25, 0.3) is 5.91 Å². The monoisotopic (exact) mass is 341 g/mol. The lowest BCUT2D eigenvalue weighted by atomic mass is 10.1. The molecule has 0 aliphatic heterocycles. The minimum atomic E-state index is -0.154. The Bertz CT molecular complexity index is 715. The van der Waals surface area contributed by atoms with Crippen LogP contribution in [0.1, 0.15) is 22.3 Å². The van der Waals surface area contributed by atoms with Gasteiger partial charge in [0.05, 0.1) is 0 Å². The molecule has 0 heterocycles. The number of benzene rings is 2. The number of hydrogen-bond donors (Lipinski definition) is 3. The number of thiocarbonyl (C=S) groups is 1. The molecule has 0 radical (unpaired) electrons. The van der Waals surface area contributed by atoms with Crippen LogP contribution in [-0.4, -0.2) is 24.0 Å². The van der Waals surface area contributed by atoms with Gasteiger partial charge in [0.15, 0.2) is 5.11 Å². The molecular weight excluding hydrogens is 322 g/mol. The molecule has 0 saturated heterocycles. The lowest BCUT2D eigenvalue weighted by Gasteiger charge is -2.10. The molecule has 0 atom stereocenters. The largest absolute Gasteiger partial charge is 0.355 e. The molecule has 0 fully saturated rings. The summed E-state index contributed by atoms with van der Waals surface area (Å²) in [5.41, 5.74) is 2.37. The Morgan fingerprint density at radius 3 is 2.29 bits per heavy atom. The smallest absolute Gasteiger partial charge is 0.251 e. The molecule has 0 spiro atoms. The SMILES string of the molecule is CNC(=O)c1ccc(NC(=S)NC(=O)CCc2ccccc2)cc1. The third kappa shape index (κ3) is 5.48. The molecule has 2 aromatic rings. The molecule has 0 bridgehead atoms. The first-order valence-corrected chi connectivity index (χ1v) is 7.96. The third-order valence-electron chi connectivity index (χ3n) is 3.37. The van der Waals surface area contributed by atoms with Gasteiger partial charge in [0.2, 0.25) is 5.91 Å². The Labute approximate surface area is 146 Å². The number of carbonyl (C=O) groups excluding carboxylic acids is 2. The summed E-state index contributed by atoms with van der Waals surface area (Å²) in [7, 11) is 1.58. The van der Waals surface area contributed by atoms with E-state index in [0.717, 1.165) is 5.56 Å². The van der Waals surface area contributed by atoms with E-state index in [1.54, 1.807) is 31.3 Å². The highest BCUT2D eigenvalue weighted by Gasteiger charge is 2.06. The summed E-state index contributed by atoms with van der Waals surface area (Å²) in [6.07, 6.45) is 1.03. The maximum atomic E-state index is 11.9. The van der Waals surface area contributed by atoms with Gasteiger partial charge in [0, 0.05) is 24.7 Å². The van der Waals surface area contributed by atoms with Crippen molar-refractivity contribution in [3.63, 3.8) is 0 Å². The fourth-order valence-corrected chi connectivity index (χ4v) is 2.33. The first kappa shape index (κ1) is 17.6. The highest BCUT2D eigenvalue weighted by molar-refractivity contribution is 7.80. The second kappa shape index (κ2) is 8.79. The molecule has 2 amide bonds. The molecule has 6 heteroatoms. The van der Waals surface area contributed by atoms with Crippen LogP contribution < -0.4 is 16.0 Å². The summed E-state index contributed by atoms with van der Waals surface area (Å²) in [5, 5.41) is 8.36. The zero-order valence-electron chi connectivity index (χ0n) is 13.3. The molecule has 0 saturated carbocycles. The second-order valence-corrected chi connectivity index (χ2v) is 5.55. The van der Waals surface area contributed by atoms with Crippen LogP contribution in [0.3, 0.4) is 0 Å². The molecule has 0 aliphatic carbocycles. The van der Waals surface area contributed by atoms with Crippen molar-refractivity contribution in [2.45, 2.75) is 12.8 Å². The van der Waals surface area contributed by atoms with Crippen molar-refractivity contribution in [2.75, 3.05) is 12.4 Å². The number of hydrogen-bond acceptors (Lipinski definition) is 3. The number of carbonyl (C=O) groups is 2. The average Bonchev–Trinajstić information content (AvgIpc) is 2.60. The van der Waals surface area contributed by atoms with Crippen LogP contribution in [-0.2, 0) is 11.2 Å². The predicted octanol–water partition coefficient (Wildman–Crippen LogP) is 2.49. The quantitative estimate of drug-likeness (QED) is 0.731. The molecule has 24 heavy (non-hydrogen) atoms. The van der Waals surface area contributed by atoms with Gasteiger partial charge in [0.1, 0.15) is 0 Å². The molecule has 0 aliphatic rings. The van der Waals surface area contributed by atoms with Crippen LogP contribution in [0, 0.1) is 0 Å². The Balaban J connectivity index is 1.80. The lowest BCUT2D eigenvalue weighted by molar-refractivity contribution is -0.119. The van der Waals surface area contributed by atoms with Gasteiger partial charge in [-0.3, -0.25) is 9.59 Å². The molecule has 124 valence electrons. The zero-order chi connectivity index (χ0) is 17.4. The van der Waals surface area contributed by atoms with Crippen molar-refractivity contribution in [1.29, 1.82) is 0 Å². The second-order valence-electron chi connectivity index (χ2n) is 5.14. The van der Waals surface area contributed by atoms with Crippen molar-refractivity contribution in [1.82, 2.24) is 10.6 Å². The average molecular weight is 341 g/mol. The molecular formula is C18H19N3O2S. The molecule has 2 aromatic carbocycles. The maximum Gasteiger partial charge on any atom is 0.251 e. The van der Waals surface area contributed by atoms with Crippen LogP contribution in [0.2, 0.25) is 0 Å². The number of rotatable bonds is 5. The predicted molar refractivity (Wildman–Crippen MR) is 99.0 cm³/mol. The fraction of sp³-hybridized carbons (Fsp3) is 0.167. The fourth-order valence-electron chi connectivity index (χ4n) is 2.10. The molecule has 5 nitrogen and oxygen atoms in total. The summed E-state index contributed by atoms with van der Waals surface area (Å²) in [5.74, 6) is -0.295. The van der Waals surface area contributed by atoms with Gasteiger partial charge >= 0.3 is 0 Å². The van der Waals surface area contributed by atoms with E-state index in [0.29, 0.717) is 24.1 Å². The minimum Gasteiger partial charge on any atom is -0.355 e. The summed E-state index contributed by atoms with van der Waals surface area (Å²) in [4.78, 5) is 23.4. The number of amides is 2. The normalized spacial score (nSPS) is 9.88. The third-order valence-corrected chi connectivity index (χ3v) is 3.57. The van der Waals surface area contributed by atoms with E-state index in [9.17, 15) is 9.59 Å². The van der Waals surface area contributed by atoms with E-state index >= 15 is 0 Å². The van der Waals surface area contributed by atoms with Crippen LogP contribution in [0.15, 0.2) is 54.6 Å². The number of anilines is 1. The van der Waals surface area contributed by atoms with Crippen molar-refractivity contribution < 1.29 is 9.59 Å². The molecule has 3 N–H and O–H groups in total. The Kier molecular flexibility index (Phi) is 6.45. The van der Waals surface area contributed by atoms with Crippen LogP contribution >= 0.6 is 12.2 Å². The standard InChI is InChI=1S/C18H19N3O2S/c1-19-17(23)14-8-10-15(11-9-14)20-18(24)21-16(22)12-7-13-5-3-2-4-6-13/h2-6,8-11H,7,12H2,1H3,(H,19,23)(H2,20,21,22,24). The minimum absolute atomic E-state index is 0.140. The Hall–Kier alpha value is -2.73. The Morgan fingerprint density at radius 1 is 1.00 bits per heavy atom. The number of aryl methyl sites for hydroxylation is 1. The van der Waals surface area contributed by atoms with Gasteiger partial charge in [-0.1, -0.05) is 30.3 Å². The summed E-state index contributed by atoms with van der Waals surface area (Å²) in [6.45, 7) is 0. The summed E-state index contributed by atoms with van der Waals surface area (Å²) in [6, 6.07) is 16.6. The van der Waals surface area contributed by atoms with E-state index < -0.39 is 0 Å². The first-order valence-electron chi connectivity index (χ1n) is 7.55. The zero-order valence-corrected chi connectivity index (χ0v) is 14.2.